The summed E-state index contributed by atoms with van der Waals surface area (Å²) < 4.78 is 5.73. The van der Waals surface area contributed by atoms with Crippen LogP contribution in [0.2, 0.25) is 0 Å². The minimum absolute atomic E-state index is 0.0334. The van der Waals surface area contributed by atoms with Crippen molar-refractivity contribution < 1.29 is 14.3 Å². The average Bonchev–Trinajstić information content (AvgIpc) is 2.88. The molecule has 1 fully saturated rings. The van der Waals surface area contributed by atoms with Crippen LogP contribution in [0.4, 0.5) is 4.79 Å². The van der Waals surface area contributed by atoms with Gasteiger partial charge in [-0.1, -0.05) is 57.2 Å². The van der Waals surface area contributed by atoms with Gasteiger partial charge in [-0.2, -0.15) is 0 Å². The van der Waals surface area contributed by atoms with E-state index in [1.54, 1.807) is 6.92 Å². The number of hydrogen-bond acceptors (Lipinski definition) is 3. The van der Waals surface area contributed by atoms with Gasteiger partial charge in [-0.15, -0.1) is 0 Å². The highest BCUT2D eigenvalue weighted by atomic mass is 16.5. The Balaban J connectivity index is 1.62. The zero-order chi connectivity index (χ0) is 21.2. The second kappa shape index (κ2) is 7.90. The topological polar surface area (TPSA) is 58.6 Å². The number of imide groups is 1. The van der Waals surface area contributed by atoms with Crippen molar-refractivity contribution in [2.45, 2.75) is 52.0 Å². The molecule has 1 heterocycles. The zero-order valence-electron chi connectivity index (χ0n) is 17.9. The summed E-state index contributed by atoms with van der Waals surface area (Å²) in [6.45, 7) is 11.0. The molecule has 1 unspecified atom stereocenters. The Hall–Kier alpha value is -2.82. The lowest BCUT2D eigenvalue weighted by atomic mass is 9.84. The van der Waals surface area contributed by atoms with Gasteiger partial charge in [0.15, 0.2) is 0 Å². The van der Waals surface area contributed by atoms with Gasteiger partial charge in [0.2, 0.25) is 0 Å². The molecule has 3 rings (SSSR count). The van der Waals surface area contributed by atoms with Crippen LogP contribution in [0.15, 0.2) is 48.5 Å². The van der Waals surface area contributed by atoms with Gasteiger partial charge in [0.1, 0.15) is 11.3 Å². The number of rotatable bonds is 6. The van der Waals surface area contributed by atoms with E-state index in [0.29, 0.717) is 19.6 Å². The van der Waals surface area contributed by atoms with Gasteiger partial charge >= 0.3 is 6.03 Å². The summed E-state index contributed by atoms with van der Waals surface area (Å²) in [6.07, 6.45) is 0.576. The first-order valence-corrected chi connectivity index (χ1v) is 10.1. The quantitative estimate of drug-likeness (QED) is 0.578. The number of ether oxygens (including phenoxy) is 1. The molecule has 1 N–H and O–H groups in total. The van der Waals surface area contributed by atoms with Crippen molar-refractivity contribution in [3.05, 3.63) is 65.2 Å². The van der Waals surface area contributed by atoms with Crippen molar-refractivity contribution in [1.82, 2.24) is 10.2 Å². The number of hydrogen-bond donors (Lipinski definition) is 1. The summed E-state index contributed by atoms with van der Waals surface area (Å²) in [5, 5.41) is 2.87. The predicted molar refractivity (Wildman–Crippen MR) is 114 cm³/mol. The molecular weight excluding hydrogens is 364 g/mol. The van der Waals surface area contributed by atoms with Crippen LogP contribution < -0.4 is 10.1 Å². The van der Waals surface area contributed by atoms with Crippen molar-refractivity contribution in [1.29, 1.82) is 0 Å². The molecule has 0 spiro atoms. The lowest BCUT2D eigenvalue weighted by Crippen LogP contribution is -2.41. The lowest BCUT2D eigenvalue weighted by Gasteiger charge is -2.24. The number of benzene rings is 2. The maximum atomic E-state index is 13.0. The van der Waals surface area contributed by atoms with Gasteiger partial charge in [0.05, 0.1) is 6.61 Å². The van der Waals surface area contributed by atoms with Crippen LogP contribution in [-0.2, 0) is 15.7 Å². The monoisotopic (exact) mass is 394 g/mol. The molecule has 2 aromatic rings. The third-order valence-corrected chi connectivity index (χ3v) is 5.39. The molecule has 1 atom stereocenters. The van der Waals surface area contributed by atoms with E-state index >= 15 is 0 Å². The average molecular weight is 395 g/mol. The van der Waals surface area contributed by atoms with E-state index in [-0.39, 0.29) is 17.4 Å². The summed E-state index contributed by atoms with van der Waals surface area (Å²) in [5.41, 5.74) is 2.11. The first kappa shape index (κ1) is 20.9. The summed E-state index contributed by atoms with van der Waals surface area (Å²) in [6, 6.07) is 15.4. The number of carbonyl (C=O) groups is 2. The van der Waals surface area contributed by atoms with E-state index in [4.69, 9.17) is 4.74 Å². The third kappa shape index (κ3) is 4.44. The minimum atomic E-state index is -1.04. The molecule has 2 aromatic carbocycles. The highest BCUT2D eigenvalue weighted by Gasteiger charge is 2.48. The predicted octanol–water partition coefficient (Wildman–Crippen LogP) is 4.53. The van der Waals surface area contributed by atoms with Gasteiger partial charge in [-0.25, -0.2) is 4.79 Å². The molecular formula is C24H30N2O3. The van der Waals surface area contributed by atoms with Crippen LogP contribution in [0.25, 0.3) is 0 Å². The molecule has 0 radical (unpaired) electrons. The number of carbonyl (C=O) groups excluding carboxylic acids is 2. The van der Waals surface area contributed by atoms with Gasteiger partial charge in [-0.05, 0) is 54.5 Å². The van der Waals surface area contributed by atoms with Crippen molar-refractivity contribution in [3.63, 3.8) is 0 Å². The third-order valence-electron chi connectivity index (χ3n) is 5.39. The van der Waals surface area contributed by atoms with Gasteiger partial charge in [0.25, 0.3) is 5.91 Å². The number of urea groups is 1. The summed E-state index contributed by atoms with van der Waals surface area (Å²) in [4.78, 5) is 26.8. The van der Waals surface area contributed by atoms with Crippen molar-refractivity contribution in [3.8, 4) is 5.75 Å². The van der Waals surface area contributed by atoms with Crippen LogP contribution in [0.1, 0.15) is 50.8 Å². The molecule has 154 valence electrons. The summed E-state index contributed by atoms with van der Waals surface area (Å²) in [7, 11) is 0. The first-order chi connectivity index (χ1) is 13.6. The van der Waals surface area contributed by atoms with E-state index in [2.05, 4.69) is 26.1 Å². The maximum Gasteiger partial charge on any atom is 0.325 e. The van der Waals surface area contributed by atoms with Crippen molar-refractivity contribution in [2.24, 2.45) is 0 Å². The molecule has 29 heavy (non-hydrogen) atoms. The Labute approximate surface area is 173 Å². The number of nitrogens with one attached hydrogen (secondary N) is 1. The number of amides is 3. The Morgan fingerprint density at radius 3 is 2.38 bits per heavy atom. The smallest absolute Gasteiger partial charge is 0.325 e. The first-order valence-electron chi connectivity index (χ1n) is 10.1. The highest BCUT2D eigenvalue weighted by Crippen LogP contribution is 2.31. The fourth-order valence-electron chi connectivity index (χ4n) is 3.52. The minimum Gasteiger partial charge on any atom is -0.494 e. The van der Waals surface area contributed by atoms with Gasteiger partial charge in [-0.3, -0.25) is 9.69 Å². The molecule has 0 aromatic heterocycles. The van der Waals surface area contributed by atoms with Gasteiger partial charge in [0, 0.05) is 6.54 Å². The fourth-order valence-corrected chi connectivity index (χ4v) is 3.52. The number of nitrogens with zero attached hydrogens (tertiary/aromatic N) is 1. The molecule has 0 aliphatic carbocycles. The summed E-state index contributed by atoms with van der Waals surface area (Å²) >= 11 is 0. The fraction of sp³-hybridized carbons (Fsp3) is 0.417. The normalized spacial score (nSPS) is 19.4. The summed E-state index contributed by atoms with van der Waals surface area (Å²) in [5.74, 6) is 0.576. The Kier molecular flexibility index (Phi) is 5.69. The molecule has 3 amide bonds. The van der Waals surface area contributed by atoms with Crippen LogP contribution in [0.3, 0.4) is 0 Å². The lowest BCUT2D eigenvalue weighted by molar-refractivity contribution is -0.131. The zero-order valence-corrected chi connectivity index (χ0v) is 17.9. The largest absolute Gasteiger partial charge is 0.494 e. The van der Waals surface area contributed by atoms with Crippen LogP contribution in [0, 0.1) is 6.92 Å². The standard InChI is InChI=1S/C24H30N2O3/c1-17-8-6-9-20(16-17)29-15-7-14-26-21(27)24(5,25-22(26)28)19-12-10-18(11-13-19)23(2,3)4/h6,8-13,16H,7,14-15H2,1-5H3,(H,25,28). The van der Waals surface area contributed by atoms with Crippen molar-refractivity contribution >= 4 is 11.9 Å². The maximum absolute atomic E-state index is 13.0. The molecule has 1 aliphatic rings. The SMILES string of the molecule is Cc1cccc(OCCCN2C(=O)NC(C)(c3ccc(C(C)(C)C)cc3)C2=O)c1. The van der Waals surface area contributed by atoms with E-state index in [1.165, 1.54) is 10.5 Å². The van der Waals surface area contributed by atoms with E-state index < -0.39 is 5.54 Å². The molecule has 0 saturated carbocycles. The van der Waals surface area contributed by atoms with E-state index in [1.807, 2.05) is 55.5 Å². The molecule has 5 heteroatoms. The Bertz CT molecular complexity index is 899. The van der Waals surface area contributed by atoms with E-state index in [0.717, 1.165) is 16.9 Å². The second-order valence-electron chi connectivity index (χ2n) is 8.86. The Morgan fingerprint density at radius 1 is 1.07 bits per heavy atom. The van der Waals surface area contributed by atoms with Crippen LogP contribution in [0.5, 0.6) is 5.75 Å². The van der Waals surface area contributed by atoms with Crippen LogP contribution >= 0.6 is 0 Å². The molecule has 0 bridgehead atoms. The second-order valence-corrected chi connectivity index (χ2v) is 8.86. The highest BCUT2D eigenvalue weighted by molar-refractivity contribution is 6.07. The van der Waals surface area contributed by atoms with Crippen LogP contribution in [-0.4, -0.2) is 30.0 Å². The van der Waals surface area contributed by atoms with Gasteiger partial charge < -0.3 is 10.1 Å². The van der Waals surface area contributed by atoms with Crippen molar-refractivity contribution in [2.75, 3.05) is 13.2 Å². The number of aryl methyl sites for hydroxylation is 1. The van der Waals surface area contributed by atoms with E-state index in [9.17, 15) is 9.59 Å². The Morgan fingerprint density at radius 2 is 1.76 bits per heavy atom. The molecule has 1 saturated heterocycles. The molecule has 1 aliphatic heterocycles. The molecule has 5 nitrogen and oxygen atoms in total.